The maximum absolute atomic E-state index is 9.19. The predicted molar refractivity (Wildman–Crippen MR) is 77.5 cm³/mol. The standard InChI is InChI=1S/C13H22N.CH4O3S/c1-2-3-4-5-6-8-11-14-12-9-7-10-13-14;1-5(2,3)4/h7,9-10,12-13H,2-6,8,11H2,1H3;1H3,(H,2,3,4)/q+1;. The summed E-state index contributed by atoms with van der Waals surface area (Å²) < 4.78 is 28.1. The van der Waals surface area contributed by atoms with Crippen molar-refractivity contribution in [3.63, 3.8) is 0 Å². The molecule has 5 heteroatoms. The monoisotopic (exact) mass is 288 g/mol. The zero-order valence-electron chi connectivity index (χ0n) is 12.0. The largest absolute Gasteiger partial charge is 0.286 e. The molecule has 0 saturated carbocycles. The van der Waals surface area contributed by atoms with Gasteiger partial charge in [-0.2, -0.15) is 8.42 Å². The van der Waals surface area contributed by atoms with Crippen molar-refractivity contribution in [3.05, 3.63) is 30.6 Å². The molecule has 1 heterocycles. The summed E-state index contributed by atoms with van der Waals surface area (Å²) in [5.41, 5.74) is 0. The van der Waals surface area contributed by atoms with Crippen LogP contribution in [0.2, 0.25) is 0 Å². The Morgan fingerprint density at radius 3 is 1.95 bits per heavy atom. The molecule has 0 aliphatic rings. The van der Waals surface area contributed by atoms with Crippen LogP contribution in [0.4, 0.5) is 0 Å². The van der Waals surface area contributed by atoms with E-state index in [1.807, 2.05) is 0 Å². The van der Waals surface area contributed by atoms with Crippen LogP contribution in [-0.2, 0) is 16.7 Å². The summed E-state index contributed by atoms with van der Waals surface area (Å²) in [5.74, 6) is 0. The highest BCUT2D eigenvalue weighted by atomic mass is 32.2. The third kappa shape index (κ3) is 17.1. The van der Waals surface area contributed by atoms with Crippen molar-refractivity contribution >= 4 is 10.1 Å². The van der Waals surface area contributed by atoms with Crippen molar-refractivity contribution < 1.29 is 17.5 Å². The molecule has 0 saturated heterocycles. The Balaban J connectivity index is 0.000000555. The van der Waals surface area contributed by atoms with Crippen LogP contribution in [0, 0.1) is 0 Å². The molecule has 0 radical (unpaired) electrons. The van der Waals surface area contributed by atoms with E-state index >= 15 is 0 Å². The first kappa shape index (κ1) is 18.1. The van der Waals surface area contributed by atoms with Gasteiger partial charge in [0.2, 0.25) is 0 Å². The minimum Gasteiger partial charge on any atom is -0.286 e. The second-order valence-corrected chi connectivity index (χ2v) is 6.08. The van der Waals surface area contributed by atoms with E-state index in [9.17, 15) is 8.42 Å². The fourth-order valence-corrected chi connectivity index (χ4v) is 1.66. The zero-order valence-corrected chi connectivity index (χ0v) is 12.8. The first-order chi connectivity index (χ1) is 8.93. The van der Waals surface area contributed by atoms with Gasteiger partial charge in [-0.1, -0.05) is 38.7 Å². The van der Waals surface area contributed by atoms with E-state index in [0.717, 1.165) is 0 Å². The van der Waals surface area contributed by atoms with Crippen LogP contribution < -0.4 is 4.57 Å². The molecule has 0 atom stereocenters. The normalized spacial score (nSPS) is 10.7. The Morgan fingerprint density at radius 1 is 0.947 bits per heavy atom. The summed E-state index contributed by atoms with van der Waals surface area (Å²) in [6.45, 7) is 3.44. The molecule has 110 valence electrons. The number of unbranched alkanes of at least 4 members (excludes halogenated alkanes) is 5. The Bertz CT molecular complexity index is 396. The number of hydrogen-bond donors (Lipinski definition) is 1. The van der Waals surface area contributed by atoms with Gasteiger partial charge in [0.05, 0.1) is 6.26 Å². The van der Waals surface area contributed by atoms with Crippen molar-refractivity contribution in [3.8, 4) is 0 Å². The first-order valence-electron chi connectivity index (χ1n) is 6.80. The van der Waals surface area contributed by atoms with Crippen molar-refractivity contribution in [1.82, 2.24) is 0 Å². The molecule has 1 rings (SSSR count). The smallest absolute Gasteiger partial charge is 0.261 e. The molecule has 0 aromatic carbocycles. The molecular weight excluding hydrogens is 262 g/mol. The predicted octanol–water partition coefficient (Wildman–Crippen LogP) is 2.84. The average molecular weight is 288 g/mol. The molecule has 1 N–H and O–H groups in total. The Kier molecular flexibility index (Phi) is 10.4. The molecule has 0 fully saturated rings. The third-order valence-corrected chi connectivity index (χ3v) is 2.55. The van der Waals surface area contributed by atoms with Gasteiger partial charge in [-0.05, 0) is 6.42 Å². The lowest BCUT2D eigenvalue weighted by Crippen LogP contribution is -2.32. The van der Waals surface area contributed by atoms with Gasteiger partial charge in [0.15, 0.2) is 12.4 Å². The van der Waals surface area contributed by atoms with Gasteiger partial charge >= 0.3 is 0 Å². The van der Waals surface area contributed by atoms with Gasteiger partial charge in [-0.15, -0.1) is 0 Å². The molecule has 0 spiro atoms. The first-order valence-corrected chi connectivity index (χ1v) is 8.65. The number of nitrogens with zero attached hydrogens (tertiary/aromatic N) is 1. The molecule has 4 nitrogen and oxygen atoms in total. The lowest BCUT2D eigenvalue weighted by molar-refractivity contribution is -0.697. The van der Waals surface area contributed by atoms with Crippen LogP contribution in [-0.4, -0.2) is 19.2 Å². The van der Waals surface area contributed by atoms with Crippen LogP contribution >= 0.6 is 0 Å². The summed E-state index contributed by atoms with van der Waals surface area (Å²) in [5, 5.41) is 0. The quantitative estimate of drug-likeness (QED) is 0.477. The lowest BCUT2D eigenvalue weighted by atomic mass is 10.1. The van der Waals surface area contributed by atoms with Crippen LogP contribution in [0.5, 0.6) is 0 Å². The molecule has 0 aliphatic heterocycles. The SMILES string of the molecule is CCCCCCCC[n+]1ccccc1.CS(=O)(=O)O. The second-order valence-electron chi connectivity index (χ2n) is 4.61. The van der Waals surface area contributed by atoms with Crippen LogP contribution in [0.3, 0.4) is 0 Å². The van der Waals surface area contributed by atoms with Crippen LogP contribution in [0.25, 0.3) is 0 Å². The van der Waals surface area contributed by atoms with Crippen molar-refractivity contribution in [2.75, 3.05) is 6.26 Å². The van der Waals surface area contributed by atoms with Crippen molar-refractivity contribution in [1.29, 1.82) is 0 Å². The molecular formula is C14H26NO3S+. The summed E-state index contributed by atoms with van der Waals surface area (Å²) >= 11 is 0. The molecule has 0 unspecified atom stereocenters. The van der Waals surface area contributed by atoms with Crippen molar-refractivity contribution in [2.24, 2.45) is 0 Å². The van der Waals surface area contributed by atoms with Gasteiger partial charge < -0.3 is 0 Å². The van der Waals surface area contributed by atoms with E-state index in [4.69, 9.17) is 4.55 Å². The highest BCUT2D eigenvalue weighted by Gasteiger charge is 1.96. The minimum atomic E-state index is -3.67. The molecule has 0 bridgehead atoms. The third-order valence-electron chi connectivity index (χ3n) is 2.55. The Labute approximate surface area is 117 Å². The van der Waals surface area contributed by atoms with E-state index in [1.54, 1.807) is 0 Å². The fourth-order valence-electron chi connectivity index (χ4n) is 1.66. The average Bonchev–Trinajstić information content (AvgIpc) is 2.33. The van der Waals surface area contributed by atoms with Crippen molar-refractivity contribution in [2.45, 2.75) is 52.0 Å². The maximum Gasteiger partial charge on any atom is 0.261 e. The van der Waals surface area contributed by atoms with Crippen LogP contribution in [0.1, 0.15) is 45.4 Å². The van der Waals surface area contributed by atoms with Gasteiger partial charge in [0, 0.05) is 18.6 Å². The fraction of sp³-hybridized carbons (Fsp3) is 0.643. The van der Waals surface area contributed by atoms with Gasteiger partial charge in [0.25, 0.3) is 10.1 Å². The highest BCUT2D eigenvalue weighted by Crippen LogP contribution is 2.04. The number of pyridine rings is 1. The second kappa shape index (κ2) is 10.9. The summed E-state index contributed by atoms with van der Waals surface area (Å²) in [6.07, 6.45) is 13.3. The van der Waals surface area contributed by atoms with E-state index in [0.29, 0.717) is 6.26 Å². The number of aromatic nitrogens is 1. The van der Waals surface area contributed by atoms with E-state index < -0.39 is 10.1 Å². The van der Waals surface area contributed by atoms with Gasteiger partial charge in [-0.3, -0.25) is 4.55 Å². The summed E-state index contributed by atoms with van der Waals surface area (Å²) in [6, 6.07) is 6.26. The Morgan fingerprint density at radius 2 is 1.42 bits per heavy atom. The summed E-state index contributed by atoms with van der Waals surface area (Å²) in [7, 11) is -3.67. The van der Waals surface area contributed by atoms with E-state index in [2.05, 4.69) is 42.1 Å². The van der Waals surface area contributed by atoms with Gasteiger partial charge in [0.1, 0.15) is 6.54 Å². The molecule has 1 aromatic rings. The van der Waals surface area contributed by atoms with E-state index in [-0.39, 0.29) is 0 Å². The number of rotatable bonds is 7. The molecule has 19 heavy (non-hydrogen) atoms. The minimum absolute atomic E-state index is 0.715. The van der Waals surface area contributed by atoms with Gasteiger partial charge in [-0.25, -0.2) is 4.57 Å². The van der Waals surface area contributed by atoms with E-state index in [1.165, 1.54) is 45.1 Å². The molecule has 0 amide bonds. The Hall–Kier alpha value is -0.940. The topological polar surface area (TPSA) is 58.2 Å². The number of aryl methyl sites for hydroxylation is 1. The molecule has 1 aromatic heterocycles. The highest BCUT2D eigenvalue weighted by molar-refractivity contribution is 7.85. The summed E-state index contributed by atoms with van der Waals surface area (Å²) in [4.78, 5) is 0. The zero-order chi connectivity index (χ0) is 14.6. The van der Waals surface area contributed by atoms with Crippen LogP contribution in [0.15, 0.2) is 30.6 Å². The lowest BCUT2D eigenvalue weighted by Gasteiger charge is -1.98. The maximum atomic E-state index is 9.19. The molecule has 0 aliphatic carbocycles. The number of hydrogen-bond acceptors (Lipinski definition) is 2.